The first kappa shape index (κ1) is 22.6. The van der Waals surface area contributed by atoms with E-state index in [1.807, 2.05) is 30.3 Å². The molecule has 0 amide bonds. The van der Waals surface area contributed by atoms with Crippen LogP contribution in [0.5, 0.6) is 5.75 Å². The third-order valence-electron chi connectivity index (χ3n) is 4.56. The molecule has 0 saturated heterocycles. The zero-order valence-electron chi connectivity index (χ0n) is 16.6. The summed E-state index contributed by atoms with van der Waals surface area (Å²) in [6.07, 6.45) is -2.83. The first-order valence-corrected chi connectivity index (χ1v) is 10.7. The van der Waals surface area contributed by atoms with Crippen LogP contribution < -0.4 is 10.5 Å². The number of amidine groups is 1. The second-order valence-electron chi connectivity index (χ2n) is 6.73. The molecule has 0 bridgehead atoms. The van der Waals surface area contributed by atoms with E-state index in [1.165, 1.54) is 13.0 Å². The molecular formula is C22H21F3N2O3S. The van der Waals surface area contributed by atoms with Crippen LogP contribution in [0.3, 0.4) is 0 Å². The number of nitrogens with one attached hydrogen (secondary N) is 1. The van der Waals surface area contributed by atoms with E-state index in [0.29, 0.717) is 11.3 Å². The van der Waals surface area contributed by atoms with Gasteiger partial charge in [0, 0.05) is 5.75 Å². The topological polar surface area (TPSA) is 85.4 Å². The van der Waals surface area contributed by atoms with Gasteiger partial charge in [0.2, 0.25) is 5.76 Å². The van der Waals surface area contributed by atoms with Gasteiger partial charge in [-0.2, -0.15) is 13.2 Å². The van der Waals surface area contributed by atoms with Crippen molar-refractivity contribution in [2.24, 2.45) is 5.73 Å². The Balaban J connectivity index is 2.01. The highest BCUT2D eigenvalue weighted by Gasteiger charge is 2.49. The maximum atomic E-state index is 13.5. The Bertz CT molecular complexity index is 1050. The maximum Gasteiger partial charge on any atom is 0.449 e. The summed E-state index contributed by atoms with van der Waals surface area (Å²) in [6.45, 7) is 1.80. The Labute approximate surface area is 180 Å². The van der Waals surface area contributed by atoms with E-state index >= 15 is 0 Å². The van der Waals surface area contributed by atoms with Crippen molar-refractivity contribution in [3.8, 4) is 5.75 Å². The molecule has 3 rings (SSSR count). The van der Waals surface area contributed by atoms with E-state index in [4.69, 9.17) is 20.6 Å². The second-order valence-corrected chi connectivity index (χ2v) is 8.60. The minimum atomic E-state index is -4.85. The number of hydrogen-bond acceptors (Lipinski definition) is 4. The number of allylic oxidation sites excluding steroid dienone is 3. The summed E-state index contributed by atoms with van der Waals surface area (Å²) in [4.78, 5) is -2.20. The number of hydrogen-bond donors (Lipinski definition) is 2. The average Bonchev–Trinajstić information content (AvgIpc) is 2.77. The van der Waals surface area contributed by atoms with Gasteiger partial charge in [0.05, 0.1) is 10.8 Å². The summed E-state index contributed by atoms with van der Waals surface area (Å²) in [7, 11) is -2.01. The molecule has 9 heteroatoms. The summed E-state index contributed by atoms with van der Waals surface area (Å²) in [6, 6.07) is 15.9. The second kappa shape index (κ2) is 8.97. The number of ether oxygens (including phenoxy) is 2. The monoisotopic (exact) mass is 450 g/mol. The summed E-state index contributed by atoms with van der Waals surface area (Å²) in [5.41, 5.74) is 6.97. The van der Waals surface area contributed by atoms with Crippen LogP contribution in [-0.2, 0) is 22.1 Å². The predicted molar refractivity (Wildman–Crippen MR) is 114 cm³/mol. The summed E-state index contributed by atoms with van der Waals surface area (Å²) in [5, 5.41) is 7.82. The third kappa shape index (κ3) is 4.99. The van der Waals surface area contributed by atoms with E-state index in [9.17, 15) is 17.4 Å². The molecule has 1 aliphatic heterocycles. The standard InChI is InChI=1S/C22H21F3N2O3S/c1-2-31(28)21(20(26)27)13-17(12-19(30-21)22(23,24)25)16-9-6-10-18(11-16)29-14-15-7-4-3-5-8-15/h3-13H,2,14H2,1H3,(H3,26,27). The van der Waals surface area contributed by atoms with Gasteiger partial charge >= 0.3 is 6.18 Å². The van der Waals surface area contributed by atoms with Gasteiger partial charge < -0.3 is 15.2 Å². The van der Waals surface area contributed by atoms with Crippen molar-refractivity contribution in [1.82, 2.24) is 0 Å². The van der Waals surface area contributed by atoms with E-state index < -0.39 is 33.5 Å². The van der Waals surface area contributed by atoms with Gasteiger partial charge in [-0.15, -0.1) is 0 Å². The summed E-state index contributed by atoms with van der Waals surface area (Å²) in [5.74, 6) is -1.73. The molecule has 1 heterocycles. The van der Waals surface area contributed by atoms with Crippen LogP contribution in [0.2, 0.25) is 0 Å². The van der Waals surface area contributed by atoms with Crippen LogP contribution in [0.4, 0.5) is 13.2 Å². The lowest BCUT2D eigenvalue weighted by molar-refractivity contribution is -0.135. The van der Waals surface area contributed by atoms with Crippen LogP contribution in [0.25, 0.3) is 5.57 Å². The zero-order chi connectivity index (χ0) is 22.6. The minimum Gasteiger partial charge on any atom is -0.489 e. The van der Waals surface area contributed by atoms with Crippen LogP contribution >= 0.6 is 0 Å². The smallest absolute Gasteiger partial charge is 0.449 e. The Morgan fingerprint density at radius 2 is 1.90 bits per heavy atom. The molecule has 0 spiro atoms. The fourth-order valence-electron chi connectivity index (χ4n) is 3.00. The van der Waals surface area contributed by atoms with Crippen LogP contribution in [0.15, 0.2) is 72.5 Å². The van der Waals surface area contributed by atoms with Crippen molar-refractivity contribution in [2.45, 2.75) is 24.6 Å². The molecule has 164 valence electrons. The molecule has 0 aromatic heterocycles. The average molecular weight is 450 g/mol. The van der Waals surface area contributed by atoms with Crippen molar-refractivity contribution in [2.75, 3.05) is 5.75 Å². The summed E-state index contributed by atoms with van der Waals surface area (Å²) >= 11 is 0. The molecule has 31 heavy (non-hydrogen) atoms. The highest BCUT2D eigenvalue weighted by Crippen LogP contribution is 2.40. The molecule has 5 nitrogen and oxygen atoms in total. The van der Waals surface area contributed by atoms with E-state index in [-0.39, 0.29) is 17.9 Å². The highest BCUT2D eigenvalue weighted by atomic mass is 32.2. The number of alkyl halides is 3. The van der Waals surface area contributed by atoms with Gasteiger partial charge in [0.1, 0.15) is 12.4 Å². The van der Waals surface area contributed by atoms with Crippen molar-refractivity contribution < 1.29 is 26.9 Å². The first-order valence-electron chi connectivity index (χ1n) is 9.36. The Kier molecular flexibility index (Phi) is 6.54. The van der Waals surface area contributed by atoms with Crippen molar-refractivity contribution >= 4 is 22.2 Å². The minimum absolute atomic E-state index is 0.0469. The molecule has 2 aromatic rings. The lowest BCUT2D eigenvalue weighted by Gasteiger charge is -2.34. The van der Waals surface area contributed by atoms with Crippen LogP contribution in [-0.4, -0.2) is 26.9 Å². The van der Waals surface area contributed by atoms with Crippen LogP contribution in [0.1, 0.15) is 18.1 Å². The fraction of sp³-hybridized carbons (Fsp3) is 0.227. The predicted octanol–water partition coefficient (Wildman–Crippen LogP) is 4.53. The zero-order valence-corrected chi connectivity index (χ0v) is 17.4. The molecule has 0 fully saturated rings. The van der Waals surface area contributed by atoms with Gasteiger partial charge in [-0.1, -0.05) is 49.4 Å². The summed E-state index contributed by atoms with van der Waals surface area (Å²) < 4.78 is 64.0. The SMILES string of the molecule is CCS(=O)C1(C(=N)N)C=C(c2cccc(OCc3ccccc3)c2)C=C(C(F)(F)F)O1. The molecule has 1 aliphatic rings. The normalized spacial score (nSPS) is 19.6. The van der Waals surface area contributed by atoms with Crippen molar-refractivity contribution in [3.05, 3.63) is 83.6 Å². The Hall–Kier alpha value is -3.07. The van der Waals surface area contributed by atoms with Gasteiger partial charge in [-0.05, 0) is 41.0 Å². The third-order valence-corrected chi connectivity index (χ3v) is 6.19. The molecule has 0 saturated carbocycles. The number of halogens is 3. The highest BCUT2D eigenvalue weighted by molar-refractivity contribution is 7.87. The van der Waals surface area contributed by atoms with E-state index in [0.717, 1.165) is 11.6 Å². The Morgan fingerprint density at radius 3 is 2.52 bits per heavy atom. The molecule has 2 unspecified atom stereocenters. The molecule has 0 aliphatic carbocycles. The van der Waals surface area contributed by atoms with Gasteiger partial charge in [0.25, 0.3) is 4.93 Å². The first-order chi connectivity index (χ1) is 14.7. The van der Waals surface area contributed by atoms with Crippen LogP contribution in [0, 0.1) is 5.41 Å². The molecule has 3 N–H and O–H groups in total. The largest absolute Gasteiger partial charge is 0.489 e. The van der Waals surface area contributed by atoms with Gasteiger partial charge in [-0.3, -0.25) is 9.62 Å². The van der Waals surface area contributed by atoms with Gasteiger partial charge in [0.15, 0.2) is 5.84 Å². The van der Waals surface area contributed by atoms with Crippen molar-refractivity contribution in [3.63, 3.8) is 0 Å². The Morgan fingerprint density at radius 1 is 1.19 bits per heavy atom. The molecular weight excluding hydrogens is 429 g/mol. The fourth-order valence-corrected chi connectivity index (χ4v) is 4.12. The lowest BCUT2D eigenvalue weighted by Crippen LogP contribution is -2.50. The number of nitrogens with two attached hydrogens (primary N) is 1. The van der Waals surface area contributed by atoms with E-state index in [2.05, 4.69) is 0 Å². The van der Waals surface area contributed by atoms with Gasteiger partial charge in [-0.25, -0.2) is 0 Å². The van der Waals surface area contributed by atoms with E-state index in [1.54, 1.807) is 24.3 Å². The quantitative estimate of drug-likeness (QED) is 0.480. The molecule has 2 atom stereocenters. The molecule has 2 aromatic carbocycles. The molecule has 0 radical (unpaired) electrons. The number of benzene rings is 2. The lowest BCUT2D eigenvalue weighted by atomic mass is 10.00. The maximum absolute atomic E-state index is 13.5. The number of rotatable bonds is 7. The van der Waals surface area contributed by atoms with Crippen molar-refractivity contribution in [1.29, 1.82) is 5.41 Å².